The third-order valence-corrected chi connectivity index (χ3v) is 5.31. The molecule has 3 aliphatic carbocycles. The predicted molar refractivity (Wildman–Crippen MR) is 91.0 cm³/mol. The van der Waals surface area contributed by atoms with Crippen LogP contribution in [0.5, 0.6) is 0 Å². The van der Waals surface area contributed by atoms with Gasteiger partial charge in [-0.05, 0) is 35.1 Å². The number of fused-ring (bicyclic) bond motifs is 1. The number of nitrogens with zero attached hydrogens (tertiary/aromatic N) is 1. The van der Waals surface area contributed by atoms with E-state index >= 15 is 0 Å². The molecular weight excluding hydrogens is 286 g/mol. The van der Waals surface area contributed by atoms with Gasteiger partial charge in [-0.25, -0.2) is 0 Å². The molecular formula is C20H23NO2. The van der Waals surface area contributed by atoms with Crippen LogP contribution >= 0.6 is 0 Å². The molecule has 3 aliphatic rings. The number of hydrogen-bond acceptors (Lipinski definition) is 2. The maximum atomic E-state index is 11.9. The van der Waals surface area contributed by atoms with Crippen molar-refractivity contribution in [2.24, 2.45) is 0 Å². The molecule has 3 nitrogen and oxygen atoms in total. The Morgan fingerprint density at radius 3 is 2.17 bits per heavy atom. The van der Waals surface area contributed by atoms with Gasteiger partial charge in [0.1, 0.15) is 12.1 Å². The largest absolute Gasteiger partial charge is 0.633 e. The highest BCUT2D eigenvalue weighted by Crippen LogP contribution is 2.56. The van der Waals surface area contributed by atoms with Crippen LogP contribution in [-0.2, 0) is 10.3 Å². The Labute approximate surface area is 137 Å². The molecule has 23 heavy (non-hydrogen) atoms. The van der Waals surface area contributed by atoms with Crippen molar-refractivity contribution in [3.05, 3.63) is 76.0 Å². The van der Waals surface area contributed by atoms with Gasteiger partial charge in [-0.15, -0.1) is 0 Å². The smallest absolute Gasteiger partial charge is 0.119 e. The van der Waals surface area contributed by atoms with Crippen molar-refractivity contribution in [3.63, 3.8) is 0 Å². The zero-order chi connectivity index (χ0) is 16.1. The highest BCUT2D eigenvalue weighted by Gasteiger charge is 2.49. The average molecular weight is 309 g/mol. The van der Waals surface area contributed by atoms with Crippen LogP contribution in [0.15, 0.2) is 48.5 Å². The third-order valence-electron chi connectivity index (χ3n) is 5.31. The van der Waals surface area contributed by atoms with Gasteiger partial charge in [-0.3, -0.25) is 0 Å². The molecule has 2 aromatic rings. The van der Waals surface area contributed by atoms with Crippen LogP contribution in [0.25, 0.3) is 0 Å². The molecule has 5 rings (SSSR count). The normalized spacial score (nSPS) is 25.1. The molecule has 2 bridgehead atoms. The topological polar surface area (TPSA) is 32.3 Å². The minimum absolute atomic E-state index is 0.317. The summed E-state index contributed by atoms with van der Waals surface area (Å²) < 4.78 is 6.15. The maximum Gasteiger partial charge on any atom is 0.119 e. The number of ether oxygens (including phenoxy) is 1. The number of quaternary nitrogens is 1. The summed E-state index contributed by atoms with van der Waals surface area (Å²) in [6.07, 6.45) is 2.11. The number of hydroxylamine groups is 3. The summed E-state index contributed by atoms with van der Waals surface area (Å²) in [6, 6.07) is 17.3. The van der Waals surface area contributed by atoms with E-state index in [9.17, 15) is 5.21 Å². The first-order valence-corrected chi connectivity index (χ1v) is 8.38. The van der Waals surface area contributed by atoms with Crippen molar-refractivity contribution in [3.8, 4) is 0 Å². The number of rotatable bonds is 4. The SMILES string of the molecule is C[N+](C)([O-])CCOC12CCC(c3ccccc31)c1ccccc12. The highest BCUT2D eigenvalue weighted by atomic mass is 16.6. The molecule has 0 saturated carbocycles. The van der Waals surface area contributed by atoms with Crippen molar-refractivity contribution in [2.45, 2.75) is 24.4 Å². The zero-order valence-electron chi connectivity index (χ0n) is 13.8. The number of hydrogen-bond donors (Lipinski definition) is 0. The first kappa shape index (κ1) is 14.9. The molecule has 0 aromatic heterocycles. The highest BCUT2D eigenvalue weighted by molar-refractivity contribution is 5.57. The summed E-state index contributed by atoms with van der Waals surface area (Å²) >= 11 is 0. The molecule has 0 atom stereocenters. The summed E-state index contributed by atoms with van der Waals surface area (Å²) in [7, 11) is 3.33. The lowest BCUT2D eigenvalue weighted by atomic mass is 9.61. The van der Waals surface area contributed by atoms with Gasteiger partial charge in [-0.1, -0.05) is 48.5 Å². The van der Waals surface area contributed by atoms with Gasteiger partial charge in [0.15, 0.2) is 0 Å². The lowest BCUT2D eigenvalue weighted by molar-refractivity contribution is -0.840. The van der Waals surface area contributed by atoms with Crippen LogP contribution in [0.4, 0.5) is 0 Å². The molecule has 0 unspecified atom stereocenters. The van der Waals surface area contributed by atoms with Gasteiger partial charge in [0.05, 0.1) is 20.7 Å². The van der Waals surface area contributed by atoms with Gasteiger partial charge < -0.3 is 14.6 Å². The van der Waals surface area contributed by atoms with E-state index in [1.54, 1.807) is 14.1 Å². The Morgan fingerprint density at radius 2 is 1.61 bits per heavy atom. The molecule has 2 aromatic carbocycles. The maximum absolute atomic E-state index is 11.9. The van der Waals surface area contributed by atoms with E-state index in [2.05, 4.69) is 48.5 Å². The van der Waals surface area contributed by atoms with Crippen molar-refractivity contribution in [1.29, 1.82) is 0 Å². The van der Waals surface area contributed by atoms with Crippen LogP contribution < -0.4 is 0 Å². The molecule has 0 radical (unpaired) electrons. The second-order valence-electron chi connectivity index (χ2n) is 7.24. The molecule has 0 aliphatic heterocycles. The van der Waals surface area contributed by atoms with Gasteiger partial charge in [0.2, 0.25) is 0 Å². The van der Waals surface area contributed by atoms with E-state index in [4.69, 9.17) is 4.74 Å². The van der Waals surface area contributed by atoms with E-state index in [1.165, 1.54) is 22.3 Å². The molecule has 0 spiro atoms. The van der Waals surface area contributed by atoms with Crippen LogP contribution in [0.2, 0.25) is 0 Å². The third kappa shape index (κ3) is 2.31. The lowest BCUT2D eigenvalue weighted by Gasteiger charge is -2.49. The zero-order valence-corrected chi connectivity index (χ0v) is 13.8. The second-order valence-corrected chi connectivity index (χ2v) is 7.24. The fraction of sp³-hybridized carbons (Fsp3) is 0.400. The standard InChI is InChI=1S/C20H23NO2/c1-21(2,22)13-14-23-20-12-11-15(16-7-3-5-9-18(16)20)17-8-4-6-10-19(17)20/h3-10,15H,11-14H2,1-2H3. The van der Waals surface area contributed by atoms with Gasteiger partial charge in [0, 0.05) is 5.92 Å². The predicted octanol–water partition coefficient (Wildman–Crippen LogP) is 3.76. The summed E-state index contributed by atoms with van der Waals surface area (Å²) in [5.41, 5.74) is 5.01. The van der Waals surface area contributed by atoms with Gasteiger partial charge in [0.25, 0.3) is 0 Å². The molecule has 0 N–H and O–H groups in total. The first-order chi connectivity index (χ1) is 11.0. The first-order valence-electron chi connectivity index (χ1n) is 8.38. The van der Waals surface area contributed by atoms with E-state index < -0.39 is 0 Å². The fourth-order valence-corrected chi connectivity index (χ4v) is 4.25. The monoisotopic (exact) mass is 309 g/mol. The summed E-state index contributed by atoms with van der Waals surface area (Å²) in [5, 5.41) is 11.9. The minimum Gasteiger partial charge on any atom is -0.633 e. The summed E-state index contributed by atoms with van der Waals surface area (Å²) in [4.78, 5) is 0. The van der Waals surface area contributed by atoms with Crippen molar-refractivity contribution < 1.29 is 9.38 Å². The molecule has 0 saturated heterocycles. The Balaban J connectivity index is 1.79. The van der Waals surface area contributed by atoms with Gasteiger partial charge >= 0.3 is 0 Å². The Morgan fingerprint density at radius 1 is 1.04 bits per heavy atom. The van der Waals surface area contributed by atoms with Crippen LogP contribution in [0.1, 0.15) is 41.0 Å². The minimum atomic E-state index is -0.378. The van der Waals surface area contributed by atoms with E-state index in [0.717, 1.165) is 12.8 Å². The second kappa shape index (κ2) is 5.17. The Bertz CT molecular complexity index is 685. The lowest BCUT2D eigenvalue weighted by Crippen LogP contribution is -2.44. The van der Waals surface area contributed by atoms with Crippen LogP contribution in [0.3, 0.4) is 0 Å². The summed E-state index contributed by atoms with van der Waals surface area (Å²) in [6.45, 7) is 0.944. The molecule has 120 valence electrons. The van der Waals surface area contributed by atoms with E-state index in [1.807, 2.05) is 0 Å². The van der Waals surface area contributed by atoms with Crippen molar-refractivity contribution in [1.82, 2.24) is 0 Å². The van der Waals surface area contributed by atoms with Crippen LogP contribution in [-0.4, -0.2) is 31.9 Å². The Kier molecular flexibility index (Phi) is 3.34. The van der Waals surface area contributed by atoms with Crippen LogP contribution in [0, 0.1) is 5.21 Å². The van der Waals surface area contributed by atoms with Crippen molar-refractivity contribution >= 4 is 0 Å². The molecule has 0 heterocycles. The van der Waals surface area contributed by atoms with Gasteiger partial charge in [-0.2, -0.15) is 0 Å². The average Bonchev–Trinajstić information content (AvgIpc) is 2.55. The van der Waals surface area contributed by atoms with E-state index in [-0.39, 0.29) is 10.2 Å². The summed E-state index contributed by atoms with van der Waals surface area (Å²) in [5.74, 6) is 0.486. The number of benzene rings is 2. The molecule has 0 fully saturated rings. The fourth-order valence-electron chi connectivity index (χ4n) is 4.25. The Hall–Kier alpha value is -1.68. The van der Waals surface area contributed by atoms with Crippen molar-refractivity contribution in [2.75, 3.05) is 27.2 Å². The molecule has 0 amide bonds. The quantitative estimate of drug-likeness (QED) is 0.636. The molecule has 3 heteroatoms. The number of likely N-dealkylation sites (N-methyl/N-ethyl adjacent to an activating group) is 1. The van der Waals surface area contributed by atoms with E-state index in [0.29, 0.717) is 19.1 Å².